The number of hydrogen-bond donors (Lipinski definition) is 2. The molecule has 1 amide bonds. The van der Waals surface area contributed by atoms with E-state index in [4.69, 9.17) is 4.74 Å². The van der Waals surface area contributed by atoms with Crippen LogP contribution in [0.25, 0.3) is 11.3 Å². The predicted octanol–water partition coefficient (Wildman–Crippen LogP) is 1.46. The van der Waals surface area contributed by atoms with E-state index >= 15 is 0 Å². The molecular weight excluding hydrogens is 380 g/mol. The average Bonchev–Trinajstić information content (AvgIpc) is 2.70. The van der Waals surface area contributed by atoms with Crippen LogP contribution in [0.5, 0.6) is 0 Å². The minimum absolute atomic E-state index is 0. The molecule has 0 atom stereocenters. The number of carbonyl (C=O) groups is 1. The standard InChI is InChI=1S/C20H26N4O3.ClH/c1-27-15-20(9-11-21-12-10-20)14-22-18(25)13-24-19(26)8-7-17(23-24)16-5-3-2-4-6-16;/h2-8,21H,9-15H2,1H3,(H,22,25);1H. The number of nitrogens with one attached hydrogen (secondary N) is 2. The van der Waals surface area contributed by atoms with Gasteiger partial charge < -0.3 is 15.4 Å². The van der Waals surface area contributed by atoms with Crippen LogP contribution in [0.4, 0.5) is 0 Å². The van der Waals surface area contributed by atoms with E-state index < -0.39 is 0 Å². The first-order chi connectivity index (χ1) is 13.1. The van der Waals surface area contributed by atoms with Gasteiger partial charge in [0.1, 0.15) is 6.54 Å². The smallest absolute Gasteiger partial charge is 0.267 e. The van der Waals surface area contributed by atoms with Crippen molar-refractivity contribution in [1.82, 2.24) is 20.4 Å². The largest absolute Gasteiger partial charge is 0.384 e. The van der Waals surface area contributed by atoms with Crippen molar-refractivity contribution < 1.29 is 9.53 Å². The molecule has 1 aliphatic heterocycles. The van der Waals surface area contributed by atoms with E-state index in [1.54, 1.807) is 13.2 Å². The number of methoxy groups -OCH3 is 1. The molecule has 0 aliphatic carbocycles. The van der Waals surface area contributed by atoms with Crippen LogP contribution in [0.15, 0.2) is 47.3 Å². The Morgan fingerprint density at radius 1 is 1.21 bits per heavy atom. The number of amides is 1. The summed E-state index contributed by atoms with van der Waals surface area (Å²) in [7, 11) is 1.68. The molecule has 1 saturated heterocycles. The summed E-state index contributed by atoms with van der Waals surface area (Å²) in [6.07, 6.45) is 1.89. The van der Waals surface area contributed by atoms with Gasteiger partial charge >= 0.3 is 0 Å². The summed E-state index contributed by atoms with van der Waals surface area (Å²) in [5.41, 5.74) is 1.22. The Morgan fingerprint density at radius 2 is 1.93 bits per heavy atom. The van der Waals surface area contributed by atoms with Gasteiger partial charge in [0, 0.05) is 30.7 Å². The molecule has 8 heteroatoms. The normalized spacial score (nSPS) is 15.5. The summed E-state index contributed by atoms with van der Waals surface area (Å²) in [6.45, 7) is 2.88. The van der Waals surface area contributed by atoms with Crippen LogP contribution in [-0.2, 0) is 16.1 Å². The van der Waals surface area contributed by atoms with Gasteiger partial charge in [-0.25, -0.2) is 4.68 Å². The molecule has 2 aromatic rings. The van der Waals surface area contributed by atoms with Gasteiger partial charge in [-0.15, -0.1) is 12.4 Å². The van der Waals surface area contributed by atoms with Crippen LogP contribution in [-0.4, -0.2) is 49.0 Å². The Labute approximate surface area is 170 Å². The van der Waals surface area contributed by atoms with Gasteiger partial charge in [0.05, 0.1) is 12.3 Å². The zero-order valence-electron chi connectivity index (χ0n) is 16.0. The number of halogens is 1. The fraction of sp³-hybridized carbons (Fsp3) is 0.450. The van der Waals surface area contributed by atoms with Crippen LogP contribution >= 0.6 is 12.4 Å². The second-order valence-electron chi connectivity index (χ2n) is 7.04. The van der Waals surface area contributed by atoms with Crippen molar-refractivity contribution in [2.24, 2.45) is 5.41 Å². The maximum absolute atomic E-state index is 12.4. The fourth-order valence-corrected chi connectivity index (χ4v) is 3.44. The van der Waals surface area contributed by atoms with Gasteiger partial charge in [-0.3, -0.25) is 9.59 Å². The molecule has 2 N–H and O–H groups in total. The third-order valence-electron chi connectivity index (χ3n) is 5.00. The lowest BCUT2D eigenvalue weighted by Gasteiger charge is -2.37. The third kappa shape index (κ3) is 5.64. The maximum atomic E-state index is 12.4. The van der Waals surface area contributed by atoms with E-state index in [1.807, 2.05) is 30.3 Å². The van der Waals surface area contributed by atoms with Crippen molar-refractivity contribution in [3.8, 4) is 11.3 Å². The molecule has 0 unspecified atom stereocenters. The van der Waals surface area contributed by atoms with E-state index in [2.05, 4.69) is 15.7 Å². The molecule has 152 valence electrons. The highest BCUT2D eigenvalue weighted by Gasteiger charge is 2.32. The molecule has 7 nitrogen and oxygen atoms in total. The van der Waals surface area contributed by atoms with Crippen LogP contribution in [0.2, 0.25) is 0 Å². The number of piperidine rings is 1. The first-order valence-corrected chi connectivity index (χ1v) is 9.22. The number of carbonyl (C=O) groups excluding carboxylic acids is 1. The molecule has 0 bridgehead atoms. The van der Waals surface area contributed by atoms with E-state index in [9.17, 15) is 9.59 Å². The Bertz CT molecular complexity index is 814. The highest BCUT2D eigenvalue weighted by atomic mass is 35.5. The molecule has 3 rings (SSSR count). The first-order valence-electron chi connectivity index (χ1n) is 9.22. The lowest BCUT2D eigenvalue weighted by atomic mass is 9.79. The van der Waals surface area contributed by atoms with Crippen molar-refractivity contribution in [1.29, 1.82) is 0 Å². The molecule has 1 aromatic carbocycles. The molecule has 28 heavy (non-hydrogen) atoms. The summed E-state index contributed by atoms with van der Waals surface area (Å²) in [5.74, 6) is -0.219. The third-order valence-corrected chi connectivity index (χ3v) is 5.00. The van der Waals surface area contributed by atoms with E-state index in [0.717, 1.165) is 31.5 Å². The van der Waals surface area contributed by atoms with Crippen molar-refractivity contribution in [2.75, 3.05) is 33.4 Å². The Hall–Kier alpha value is -2.22. The predicted molar refractivity (Wildman–Crippen MR) is 111 cm³/mol. The summed E-state index contributed by atoms with van der Waals surface area (Å²) >= 11 is 0. The fourth-order valence-electron chi connectivity index (χ4n) is 3.44. The summed E-state index contributed by atoms with van der Waals surface area (Å²) in [4.78, 5) is 24.5. The van der Waals surface area contributed by atoms with Gasteiger partial charge in [0.15, 0.2) is 0 Å². The Kier molecular flexibility index (Phi) is 8.17. The zero-order valence-corrected chi connectivity index (χ0v) is 16.8. The second kappa shape index (κ2) is 10.4. The van der Waals surface area contributed by atoms with E-state index in [-0.39, 0.29) is 35.8 Å². The van der Waals surface area contributed by atoms with Gasteiger partial charge in [-0.2, -0.15) is 5.10 Å². The van der Waals surface area contributed by atoms with Crippen molar-refractivity contribution in [2.45, 2.75) is 19.4 Å². The Morgan fingerprint density at radius 3 is 2.61 bits per heavy atom. The van der Waals surface area contributed by atoms with Crippen LogP contribution < -0.4 is 16.2 Å². The molecule has 0 saturated carbocycles. The minimum Gasteiger partial charge on any atom is -0.384 e. The lowest BCUT2D eigenvalue weighted by molar-refractivity contribution is -0.122. The van der Waals surface area contributed by atoms with Gasteiger partial charge in [-0.05, 0) is 32.0 Å². The number of hydrogen-bond acceptors (Lipinski definition) is 5. The quantitative estimate of drug-likeness (QED) is 0.727. The second-order valence-corrected chi connectivity index (χ2v) is 7.04. The first kappa shape index (κ1) is 22.1. The lowest BCUT2D eigenvalue weighted by Crippen LogP contribution is -2.48. The summed E-state index contributed by atoms with van der Waals surface area (Å²) in [6, 6.07) is 12.7. The molecule has 0 radical (unpaired) electrons. The summed E-state index contributed by atoms with van der Waals surface area (Å²) in [5, 5.41) is 10.6. The van der Waals surface area contributed by atoms with Crippen LogP contribution in [0, 0.1) is 5.41 Å². The number of ether oxygens (including phenoxy) is 1. The molecule has 0 spiro atoms. The topological polar surface area (TPSA) is 85.2 Å². The van der Waals surface area contributed by atoms with Crippen LogP contribution in [0.3, 0.4) is 0 Å². The highest BCUT2D eigenvalue weighted by molar-refractivity contribution is 5.85. The maximum Gasteiger partial charge on any atom is 0.267 e. The number of aromatic nitrogens is 2. The Balaban J connectivity index is 0.00000280. The van der Waals surface area contributed by atoms with Gasteiger partial charge in [0.2, 0.25) is 5.91 Å². The van der Waals surface area contributed by atoms with Gasteiger partial charge in [0.25, 0.3) is 5.56 Å². The molecule has 2 heterocycles. The summed E-state index contributed by atoms with van der Waals surface area (Å²) < 4.78 is 6.58. The number of nitrogens with zero attached hydrogens (tertiary/aromatic N) is 2. The zero-order chi connectivity index (χ0) is 19.1. The van der Waals surface area contributed by atoms with Crippen molar-refractivity contribution >= 4 is 18.3 Å². The van der Waals surface area contributed by atoms with E-state index in [1.165, 1.54) is 10.7 Å². The molecule has 1 aliphatic rings. The SMILES string of the molecule is COCC1(CNC(=O)Cn2nc(-c3ccccc3)ccc2=O)CCNCC1.Cl. The van der Waals surface area contributed by atoms with Crippen LogP contribution in [0.1, 0.15) is 12.8 Å². The molecule has 1 aromatic heterocycles. The van der Waals surface area contributed by atoms with Gasteiger partial charge in [-0.1, -0.05) is 30.3 Å². The molecular formula is C20H27ClN4O3. The van der Waals surface area contributed by atoms with Crippen molar-refractivity contribution in [3.05, 3.63) is 52.8 Å². The minimum atomic E-state index is -0.293. The van der Waals surface area contributed by atoms with Crippen molar-refractivity contribution in [3.63, 3.8) is 0 Å². The molecule has 1 fully saturated rings. The average molecular weight is 407 g/mol. The monoisotopic (exact) mass is 406 g/mol. The van der Waals surface area contributed by atoms with E-state index in [0.29, 0.717) is 18.8 Å². The highest BCUT2D eigenvalue weighted by Crippen LogP contribution is 2.28. The number of benzene rings is 1. The number of rotatable bonds is 7.